The molecular formula is C20H17N5OS. The number of hydrogen-bond donors (Lipinski definition) is 3. The molecule has 0 bridgehead atoms. The van der Waals surface area contributed by atoms with E-state index in [-0.39, 0.29) is 5.91 Å². The topological polar surface area (TPSA) is 96.2 Å². The predicted molar refractivity (Wildman–Crippen MR) is 109 cm³/mol. The van der Waals surface area contributed by atoms with E-state index in [1.165, 1.54) is 22.3 Å². The zero-order valence-electron chi connectivity index (χ0n) is 14.5. The first-order valence-corrected chi connectivity index (χ1v) is 9.63. The minimum absolute atomic E-state index is 0.236. The smallest absolute Gasteiger partial charge is 0.271 e. The van der Waals surface area contributed by atoms with E-state index in [0.717, 1.165) is 46.4 Å². The lowest BCUT2D eigenvalue weighted by molar-refractivity contribution is 0.0955. The SMILES string of the molecule is Nc1nc2ccc(C(=O)NN=C3CCCc4c3[nH]c3ccccc43)cc2s1. The first-order valence-electron chi connectivity index (χ1n) is 8.82. The zero-order valence-corrected chi connectivity index (χ0v) is 15.3. The first kappa shape index (κ1) is 16.0. The van der Waals surface area contributed by atoms with Crippen molar-refractivity contribution in [2.24, 2.45) is 5.10 Å². The standard InChI is InChI=1S/C20H17N5OS/c21-20-23-15-9-8-11(10-17(15)27-20)19(26)25-24-16-7-3-5-13-12-4-1-2-6-14(12)22-18(13)16/h1-2,4,6,8-10,22H,3,5,7H2,(H2,21,23)(H,25,26). The van der Waals surface area contributed by atoms with E-state index in [4.69, 9.17) is 5.73 Å². The van der Waals surface area contributed by atoms with E-state index >= 15 is 0 Å². The Bertz CT molecular complexity index is 1220. The molecule has 1 aliphatic carbocycles. The lowest BCUT2D eigenvalue weighted by Crippen LogP contribution is -2.22. The Kier molecular flexibility index (Phi) is 3.68. The number of amides is 1. The maximum Gasteiger partial charge on any atom is 0.271 e. The summed E-state index contributed by atoms with van der Waals surface area (Å²) >= 11 is 1.37. The zero-order chi connectivity index (χ0) is 18.4. The van der Waals surface area contributed by atoms with E-state index in [1.54, 1.807) is 18.2 Å². The molecule has 2 aromatic heterocycles. The lowest BCUT2D eigenvalue weighted by atomic mass is 9.94. The number of benzene rings is 2. The Morgan fingerprint density at radius 1 is 1.22 bits per heavy atom. The predicted octanol–water partition coefficient (Wildman–Crippen LogP) is 3.83. The summed E-state index contributed by atoms with van der Waals surface area (Å²) in [6.45, 7) is 0. The maximum absolute atomic E-state index is 12.5. The largest absolute Gasteiger partial charge is 0.375 e. The molecule has 1 aliphatic rings. The third-order valence-electron chi connectivity index (χ3n) is 4.90. The number of thiazole rings is 1. The summed E-state index contributed by atoms with van der Waals surface area (Å²) < 4.78 is 0.892. The highest BCUT2D eigenvalue weighted by Gasteiger charge is 2.21. The molecule has 0 saturated carbocycles. The van der Waals surface area contributed by atoms with Gasteiger partial charge in [0, 0.05) is 16.5 Å². The van der Waals surface area contributed by atoms with E-state index in [1.807, 2.05) is 12.1 Å². The van der Waals surface area contributed by atoms with Gasteiger partial charge in [0.25, 0.3) is 5.91 Å². The molecule has 4 aromatic rings. The van der Waals surface area contributed by atoms with Gasteiger partial charge in [0.15, 0.2) is 5.13 Å². The number of hydrogen-bond acceptors (Lipinski definition) is 5. The summed E-state index contributed by atoms with van der Waals surface area (Å²) in [5.41, 5.74) is 14.1. The normalized spacial score (nSPS) is 15.3. The molecule has 2 heterocycles. The number of fused-ring (bicyclic) bond motifs is 4. The van der Waals surface area contributed by atoms with Crippen molar-refractivity contribution in [1.29, 1.82) is 0 Å². The molecule has 0 fully saturated rings. The van der Waals surface area contributed by atoms with E-state index in [9.17, 15) is 4.79 Å². The van der Waals surface area contributed by atoms with Gasteiger partial charge in [-0.1, -0.05) is 29.5 Å². The molecule has 0 unspecified atom stereocenters. The van der Waals surface area contributed by atoms with Crippen LogP contribution >= 0.6 is 11.3 Å². The second-order valence-electron chi connectivity index (χ2n) is 6.61. The molecule has 4 N–H and O–H groups in total. The van der Waals surface area contributed by atoms with E-state index in [0.29, 0.717) is 10.7 Å². The van der Waals surface area contributed by atoms with Crippen LogP contribution in [0.25, 0.3) is 21.1 Å². The molecule has 7 heteroatoms. The van der Waals surface area contributed by atoms with Gasteiger partial charge in [-0.25, -0.2) is 10.4 Å². The van der Waals surface area contributed by atoms with Gasteiger partial charge >= 0.3 is 0 Å². The molecule has 5 rings (SSSR count). The van der Waals surface area contributed by atoms with Crippen LogP contribution in [0.15, 0.2) is 47.6 Å². The van der Waals surface area contributed by atoms with Crippen molar-refractivity contribution in [3.05, 3.63) is 59.3 Å². The average Bonchev–Trinajstić information content (AvgIpc) is 3.25. The minimum Gasteiger partial charge on any atom is -0.375 e. The van der Waals surface area contributed by atoms with Crippen LogP contribution < -0.4 is 11.2 Å². The molecule has 27 heavy (non-hydrogen) atoms. The third-order valence-corrected chi connectivity index (χ3v) is 5.75. The number of hydrazone groups is 1. The second-order valence-corrected chi connectivity index (χ2v) is 7.67. The van der Waals surface area contributed by atoms with Gasteiger partial charge in [0.2, 0.25) is 0 Å². The van der Waals surface area contributed by atoms with Crippen LogP contribution in [0.2, 0.25) is 0 Å². The van der Waals surface area contributed by atoms with Crippen molar-refractivity contribution in [3.63, 3.8) is 0 Å². The number of aromatic nitrogens is 2. The van der Waals surface area contributed by atoms with Crippen LogP contribution in [0.1, 0.15) is 34.5 Å². The Morgan fingerprint density at radius 3 is 3.04 bits per heavy atom. The molecule has 0 saturated heterocycles. The number of anilines is 1. The van der Waals surface area contributed by atoms with Crippen LogP contribution in [0, 0.1) is 0 Å². The number of nitrogens with zero attached hydrogens (tertiary/aromatic N) is 2. The number of nitrogens with two attached hydrogens (primary N) is 1. The summed E-state index contributed by atoms with van der Waals surface area (Å²) in [6.07, 6.45) is 2.88. The van der Waals surface area contributed by atoms with E-state index in [2.05, 4.69) is 32.6 Å². The quantitative estimate of drug-likeness (QED) is 0.465. The highest BCUT2D eigenvalue weighted by Crippen LogP contribution is 2.29. The van der Waals surface area contributed by atoms with Crippen LogP contribution in [-0.2, 0) is 6.42 Å². The lowest BCUT2D eigenvalue weighted by Gasteiger charge is -2.14. The van der Waals surface area contributed by atoms with Gasteiger partial charge in [-0.15, -0.1) is 0 Å². The number of aromatic amines is 1. The average molecular weight is 375 g/mol. The summed E-state index contributed by atoms with van der Waals surface area (Å²) in [7, 11) is 0. The number of H-pyrrole nitrogens is 1. The summed E-state index contributed by atoms with van der Waals surface area (Å²) in [5.74, 6) is -0.236. The number of aryl methyl sites for hydroxylation is 1. The fourth-order valence-electron chi connectivity index (χ4n) is 3.64. The highest BCUT2D eigenvalue weighted by atomic mass is 32.1. The van der Waals surface area contributed by atoms with Gasteiger partial charge in [0.1, 0.15) is 0 Å². The first-order chi connectivity index (χ1) is 13.2. The number of carbonyl (C=O) groups is 1. The summed E-state index contributed by atoms with van der Waals surface area (Å²) in [6, 6.07) is 13.6. The van der Waals surface area contributed by atoms with Crippen LogP contribution in [0.5, 0.6) is 0 Å². The molecular weight excluding hydrogens is 358 g/mol. The molecule has 6 nitrogen and oxygen atoms in total. The minimum atomic E-state index is -0.236. The van der Waals surface area contributed by atoms with Crippen molar-refractivity contribution in [2.75, 3.05) is 5.73 Å². The molecule has 0 aliphatic heterocycles. The fourth-order valence-corrected chi connectivity index (χ4v) is 4.42. The van der Waals surface area contributed by atoms with Crippen molar-refractivity contribution < 1.29 is 4.79 Å². The summed E-state index contributed by atoms with van der Waals surface area (Å²) in [5, 5.41) is 6.16. The maximum atomic E-state index is 12.5. The van der Waals surface area contributed by atoms with Crippen LogP contribution in [-0.4, -0.2) is 21.6 Å². The van der Waals surface area contributed by atoms with Gasteiger partial charge in [-0.3, -0.25) is 4.79 Å². The van der Waals surface area contributed by atoms with Crippen molar-refractivity contribution in [3.8, 4) is 0 Å². The molecule has 2 aromatic carbocycles. The molecule has 0 spiro atoms. The molecule has 1 amide bonds. The third kappa shape index (κ3) is 2.76. The Hall–Kier alpha value is -3.19. The van der Waals surface area contributed by atoms with Crippen molar-refractivity contribution >= 4 is 49.2 Å². The van der Waals surface area contributed by atoms with Crippen molar-refractivity contribution in [2.45, 2.75) is 19.3 Å². The van der Waals surface area contributed by atoms with Gasteiger partial charge in [0.05, 0.1) is 21.6 Å². The highest BCUT2D eigenvalue weighted by molar-refractivity contribution is 7.22. The number of rotatable bonds is 2. The van der Waals surface area contributed by atoms with Crippen molar-refractivity contribution in [1.82, 2.24) is 15.4 Å². The molecule has 134 valence electrons. The molecule has 0 atom stereocenters. The Balaban J connectivity index is 1.44. The number of nitrogen functional groups attached to an aromatic ring is 1. The summed E-state index contributed by atoms with van der Waals surface area (Å²) in [4.78, 5) is 20.2. The van der Waals surface area contributed by atoms with Gasteiger partial charge in [-0.2, -0.15) is 5.10 Å². The number of nitrogens with one attached hydrogen (secondary N) is 2. The van der Waals surface area contributed by atoms with Gasteiger partial charge in [-0.05, 0) is 49.1 Å². The fraction of sp³-hybridized carbons (Fsp3) is 0.150. The Morgan fingerprint density at radius 2 is 2.11 bits per heavy atom. The van der Waals surface area contributed by atoms with Crippen LogP contribution in [0.3, 0.4) is 0 Å². The Labute approximate surface area is 159 Å². The number of para-hydroxylation sites is 1. The van der Waals surface area contributed by atoms with E-state index < -0.39 is 0 Å². The number of carbonyl (C=O) groups excluding carboxylic acids is 1. The monoisotopic (exact) mass is 375 g/mol. The molecule has 0 radical (unpaired) electrons. The second kappa shape index (κ2) is 6.21. The van der Waals surface area contributed by atoms with Crippen LogP contribution in [0.4, 0.5) is 5.13 Å². The van der Waals surface area contributed by atoms with Gasteiger partial charge < -0.3 is 10.7 Å².